The van der Waals surface area contributed by atoms with Crippen LogP contribution in [0.3, 0.4) is 0 Å². The third kappa shape index (κ3) is 6.37. The number of sulfonamides is 2. The molecule has 1 aliphatic rings. The second-order valence-electron chi connectivity index (χ2n) is 10.3. The van der Waals surface area contributed by atoms with Gasteiger partial charge in [0.25, 0.3) is 0 Å². The Kier molecular flexibility index (Phi) is 9.08. The number of benzene rings is 3. The Labute approximate surface area is 228 Å². The first kappa shape index (κ1) is 28.5. The van der Waals surface area contributed by atoms with Crippen LogP contribution in [0.5, 0.6) is 0 Å². The Balaban J connectivity index is 1.63. The summed E-state index contributed by atoms with van der Waals surface area (Å²) in [5, 5.41) is 0. The number of rotatable bonds is 10. The number of hydrogen-bond acceptors (Lipinski definition) is 4. The number of nitrogens with zero attached hydrogens (tertiary/aromatic N) is 2. The molecule has 3 aromatic carbocycles. The van der Waals surface area contributed by atoms with Crippen molar-refractivity contribution in [1.82, 2.24) is 8.61 Å². The minimum Gasteiger partial charge on any atom is -0.207 e. The SMILES string of the molecule is CC[C@H]1CCCCN1S(=O)(=O)c1ccc(S(=O)(=O)N(Cc2ccccc2)Cc2ccc(C(C)C)cc2)cc1. The predicted molar refractivity (Wildman–Crippen MR) is 152 cm³/mol. The van der Waals surface area contributed by atoms with E-state index < -0.39 is 20.0 Å². The van der Waals surface area contributed by atoms with Gasteiger partial charge in [0.15, 0.2) is 0 Å². The lowest BCUT2D eigenvalue weighted by molar-refractivity contribution is 0.246. The summed E-state index contributed by atoms with van der Waals surface area (Å²) in [6.07, 6.45) is 3.49. The molecule has 0 spiro atoms. The molecule has 3 aromatic rings. The van der Waals surface area contributed by atoms with E-state index in [0.717, 1.165) is 36.8 Å². The molecule has 1 saturated heterocycles. The van der Waals surface area contributed by atoms with Gasteiger partial charge in [0, 0.05) is 25.7 Å². The fraction of sp³-hybridized carbons (Fsp3) is 0.400. The van der Waals surface area contributed by atoms with Gasteiger partial charge >= 0.3 is 0 Å². The van der Waals surface area contributed by atoms with E-state index in [1.54, 1.807) is 4.31 Å². The van der Waals surface area contributed by atoms with Gasteiger partial charge in [-0.3, -0.25) is 0 Å². The lowest BCUT2D eigenvalue weighted by Gasteiger charge is -2.34. The first-order valence-corrected chi connectivity index (χ1v) is 16.3. The van der Waals surface area contributed by atoms with Gasteiger partial charge in [-0.25, -0.2) is 16.8 Å². The number of hydrogen-bond donors (Lipinski definition) is 0. The van der Waals surface area contributed by atoms with Gasteiger partial charge < -0.3 is 0 Å². The standard InChI is InChI=1S/C30H38N2O4S2/c1-4-28-12-8-9-21-32(28)38(35,36)30-19-17-29(18-20-30)37(33,34)31(22-25-10-6-5-7-11-25)23-26-13-15-27(16-14-26)24(2)3/h5-7,10-11,13-20,24,28H,4,8-9,12,21-23H2,1-3H3/t28-/m0/s1. The Morgan fingerprint density at radius 3 is 1.95 bits per heavy atom. The molecule has 38 heavy (non-hydrogen) atoms. The van der Waals surface area contributed by atoms with Crippen molar-refractivity contribution >= 4 is 20.0 Å². The van der Waals surface area contributed by atoms with E-state index in [0.29, 0.717) is 12.5 Å². The molecule has 0 bridgehead atoms. The quantitative estimate of drug-likeness (QED) is 0.301. The highest BCUT2D eigenvalue weighted by Crippen LogP contribution is 2.29. The average molecular weight is 555 g/mol. The van der Waals surface area contributed by atoms with Crippen molar-refractivity contribution in [3.05, 3.63) is 95.6 Å². The fourth-order valence-electron chi connectivity index (χ4n) is 4.99. The maximum Gasteiger partial charge on any atom is 0.243 e. The first-order valence-electron chi connectivity index (χ1n) is 13.4. The van der Waals surface area contributed by atoms with E-state index in [4.69, 9.17) is 0 Å². The minimum atomic E-state index is -3.90. The van der Waals surface area contributed by atoms with E-state index >= 15 is 0 Å². The van der Waals surface area contributed by atoms with Gasteiger partial charge in [-0.15, -0.1) is 0 Å². The van der Waals surface area contributed by atoms with Gasteiger partial charge in [0.2, 0.25) is 20.0 Å². The van der Waals surface area contributed by atoms with Crippen molar-refractivity contribution in [3.8, 4) is 0 Å². The van der Waals surface area contributed by atoms with Gasteiger partial charge in [-0.1, -0.05) is 81.8 Å². The summed E-state index contributed by atoms with van der Waals surface area (Å²) < 4.78 is 57.5. The Morgan fingerprint density at radius 1 is 0.789 bits per heavy atom. The van der Waals surface area contributed by atoms with Crippen molar-refractivity contribution in [2.45, 2.75) is 81.3 Å². The fourth-order valence-corrected chi connectivity index (χ4v) is 8.17. The van der Waals surface area contributed by atoms with Crippen LogP contribution in [0.1, 0.15) is 69.1 Å². The van der Waals surface area contributed by atoms with Gasteiger partial charge in [-0.05, 0) is 66.1 Å². The van der Waals surface area contributed by atoms with Gasteiger partial charge in [0.05, 0.1) is 9.79 Å². The molecule has 0 radical (unpaired) electrons. The van der Waals surface area contributed by atoms with Crippen LogP contribution >= 0.6 is 0 Å². The average Bonchev–Trinajstić information content (AvgIpc) is 2.93. The zero-order chi connectivity index (χ0) is 27.3. The molecule has 204 valence electrons. The third-order valence-electron chi connectivity index (χ3n) is 7.32. The van der Waals surface area contributed by atoms with Crippen molar-refractivity contribution in [1.29, 1.82) is 0 Å². The zero-order valence-corrected chi connectivity index (χ0v) is 24.1. The highest BCUT2D eigenvalue weighted by atomic mass is 32.2. The van der Waals surface area contributed by atoms with Crippen molar-refractivity contribution < 1.29 is 16.8 Å². The summed E-state index contributed by atoms with van der Waals surface area (Å²) in [4.78, 5) is 0.215. The molecular weight excluding hydrogens is 516 g/mol. The predicted octanol–water partition coefficient (Wildman–Crippen LogP) is 6.15. The molecule has 0 aliphatic carbocycles. The molecule has 4 rings (SSSR count). The largest absolute Gasteiger partial charge is 0.243 e. The smallest absolute Gasteiger partial charge is 0.207 e. The van der Waals surface area contributed by atoms with E-state index in [1.165, 1.54) is 34.1 Å². The summed E-state index contributed by atoms with van der Waals surface area (Å²) in [5.74, 6) is 0.389. The van der Waals surface area contributed by atoms with Crippen LogP contribution in [-0.4, -0.2) is 38.0 Å². The Bertz CT molecular complexity index is 1400. The second kappa shape index (κ2) is 12.1. The van der Waals surface area contributed by atoms with Crippen LogP contribution in [0.4, 0.5) is 0 Å². The highest BCUT2D eigenvalue weighted by molar-refractivity contribution is 7.89. The lowest BCUT2D eigenvalue weighted by atomic mass is 10.0. The topological polar surface area (TPSA) is 74.8 Å². The molecule has 0 N–H and O–H groups in total. The second-order valence-corrected chi connectivity index (χ2v) is 14.1. The Hall–Kier alpha value is -2.52. The van der Waals surface area contributed by atoms with Crippen LogP contribution in [0.2, 0.25) is 0 Å². The summed E-state index contributed by atoms with van der Waals surface area (Å²) >= 11 is 0. The first-order chi connectivity index (χ1) is 18.1. The normalized spacial score (nSPS) is 17.2. The van der Waals surface area contributed by atoms with Crippen LogP contribution in [0.15, 0.2) is 88.7 Å². The maximum atomic E-state index is 13.8. The molecule has 1 atom stereocenters. The molecule has 1 heterocycles. The van der Waals surface area contributed by atoms with E-state index in [1.807, 2.05) is 61.5 Å². The molecule has 0 aromatic heterocycles. The van der Waals surface area contributed by atoms with Crippen molar-refractivity contribution in [2.24, 2.45) is 0 Å². The molecule has 8 heteroatoms. The van der Waals surface area contributed by atoms with Crippen molar-refractivity contribution in [2.75, 3.05) is 6.54 Å². The molecular formula is C30H38N2O4S2. The van der Waals surface area contributed by atoms with E-state index in [9.17, 15) is 16.8 Å². The molecule has 6 nitrogen and oxygen atoms in total. The van der Waals surface area contributed by atoms with E-state index in [-0.39, 0.29) is 28.9 Å². The Morgan fingerprint density at radius 2 is 1.37 bits per heavy atom. The van der Waals surface area contributed by atoms with Gasteiger partial charge in [-0.2, -0.15) is 8.61 Å². The summed E-state index contributed by atoms with van der Waals surface area (Å²) in [6.45, 7) is 7.17. The molecule has 0 amide bonds. The van der Waals surface area contributed by atoms with Crippen LogP contribution in [0.25, 0.3) is 0 Å². The summed E-state index contributed by atoms with van der Waals surface area (Å²) in [7, 11) is -7.59. The molecule has 1 aliphatic heterocycles. The third-order valence-corrected chi connectivity index (χ3v) is 11.1. The highest BCUT2D eigenvalue weighted by Gasteiger charge is 2.33. The monoisotopic (exact) mass is 554 g/mol. The van der Waals surface area contributed by atoms with Gasteiger partial charge in [0.1, 0.15) is 0 Å². The van der Waals surface area contributed by atoms with E-state index in [2.05, 4.69) is 13.8 Å². The van der Waals surface area contributed by atoms with Crippen molar-refractivity contribution in [3.63, 3.8) is 0 Å². The zero-order valence-electron chi connectivity index (χ0n) is 22.5. The molecule has 0 saturated carbocycles. The molecule has 1 fully saturated rings. The van der Waals surface area contributed by atoms with Crippen LogP contribution in [0, 0.1) is 0 Å². The van der Waals surface area contributed by atoms with Crippen LogP contribution < -0.4 is 0 Å². The summed E-state index contributed by atoms with van der Waals surface area (Å²) in [5.41, 5.74) is 2.97. The molecule has 0 unspecified atom stereocenters. The summed E-state index contributed by atoms with van der Waals surface area (Å²) in [6, 6.07) is 23.2. The van der Waals surface area contributed by atoms with Crippen LogP contribution in [-0.2, 0) is 33.1 Å². The maximum absolute atomic E-state index is 13.8. The minimum absolute atomic E-state index is 0.0133. The number of piperidine rings is 1. The lowest BCUT2D eigenvalue weighted by Crippen LogP contribution is -2.43.